The normalized spacial score (nSPS) is 22.0. The van der Waals surface area contributed by atoms with E-state index in [9.17, 15) is 9.59 Å². The van der Waals surface area contributed by atoms with E-state index in [2.05, 4.69) is 0 Å². The Balaban J connectivity index is 1.70. The van der Waals surface area contributed by atoms with Gasteiger partial charge >= 0.3 is 12.0 Å². The molecule has 2 amide bonds. The second-order valence-electron chi connectivity index (χ2n) is 5.86. The van der Waals surface area contributed by atoms with Gasteiger partial charge in [0.25, 0.3) is 0 Å². The van der Waals surface area contributed by atoms with Crippen molar-refractivity contribution >= 4 is 12.0 Å². The number of carboxylic acids is 1. The second kappa shape index (κ2) is 7.09. The first-order chi connectivity index (χ1) is 10.0. The SMILES string of the molecule is CC(C(=O)O)C1CN(C(=O)N2CCC(OCCO)CC2)C1. The Morgan fingerprint density at radius 1 is 1.24 bits per heavy atom. The van der Waals surface area contributed by atoms with E-state index < -0.39 is 11.9 Å². The maximum absolute atomic E-state index is 12.3. The first-order valence-electron chi connectivity index (χ1n) is 7.52. The van der Waals surface area contributed by atoms with E-state index in [1.54, 1.807) is 16.7 Å². The minimum atomic E-state index is -0.797. The van der Waals surface area contributed by atoms with Crippen LogP contribution in [-0.2, 0) is 9.53 Å². The molecule has 21 heavy (non-hydrogen) atoms. The maximum atomic E-state index is 12.3. The summed E-state index contributed by atoms with van der Waals surface area (Å²) in [6, 6.07) is 0.00412. The lowest BCUT2D eigenvalue weighted by Crippen LogP contribution is -2.58. The van der Waals surface area contributed by atoms with Gasteiger partial charge in [-0.05, 0) is 12.8 Å². The first-order valence-corrected chi connectivity index (χ1v) is 7.52. The third-order valence-electron chi connectivity index (χ3n) is 4.43. The van der Waals surface area contributed by atoms with Gasteiger partial charge in [0, 0.05) is 32.1 Å². The second-order valence-corrected chi connectivity index (χ2v) is 5.86. The molecule has 0 radical (unpaired) electrons. The van der Waals surface area contributed by atoms with Crippen LogP contribution in [0.5, 0.6) is 0 Å². The molecule has 0 bridgehead atoms. The fourth-order valence-corrected chi connectivity index (χ4v) is 2.82. The number of aliphatic carboxylic acids is 1. The minimum absolute atomic E-state index is 0.00412. The molecule has 120 valence electrons. The Hall–Kier alpha value is -1.34. The van der Waals surface area contributed by atoms with Gasteiger partial charge in [-0.2, -0.15) is 0 Å². The Morgan fingerprint density at radius 2 is 1.86 bits per heavy atom. The number of rotatable bonds is 5. The molecule has 7 heteroatoms. The van der Waals surface area contributed by atoms with Gasteiger partial charge in [0.1, 0.15) is 0 Å². The van der Waals surface area contributed by atoms with Gasteiger partial charge in [0.05, 0.1) is 25.2 Å². The number of amides is 2. The minimum Gasteiger partial charge on any atom is -0.481 e. The highest BCUT2D eigenvalue weighted by atomic mass is 16.5. The van der Waals surface area contributed by atoms with Gasteiger partial charge in [-0.3, -0.25) is 4.79 Å². The summed E-state index contributed by atoms with van der Waals surface area (Å²) in [5, 5.41) is 17.7. The molecule has 2 rings (SSSR count). The molecule has 1 unspecified atom stereocenters. The number of hydrogen-bond donors (Lipinski definition) is 2. The Morgan fingerprint density at radius 3 is 2.38 bits per heavy atom. The summed E-state index contributed by atoms with van der Waals surface area (Å²) < 4.78 is 5.47. The monoisotopic (exact) mass is 300 g/mol. The van der Waals surface area contributed by atoms with Crippen molar-refractivity contribution in [2.45, 2.75) is 25.9 Å². The van der Waals surface area contributed by atoms with Gasteiger partial charge in [0.15, 0.2) is 0 Å². The highest BCUT2D eigenvalue weighted by Gasteiger charge is 2.39. The summed E-state index contributed by atoms with van der Waals surface area (Å²) in [6.07, 6.45) is 1.70. The van der Waals surface area contributed by atoms with E-state index in [-0.39, 0.29) is 24.7 Å². The molecule has 0 saturated carbocycles. The molecule has 0 aliphatic carbocycles. The highest BCUT2D eigenvalue weighted by molar-refractivity contribution is 5.76. The standard InChI is InChI=1S/C14H24N2O5/c1-10(13(18)19)11-8-16(9-11)14(20)15-4-2-12(3-5-15)21-7-6-17/h10-12,17H,2-9H2,1H3,(H,18,19). The Bertz CT molecular complexity index is 376. The molecular weight excluding hydrogens is 276 g/mol. The number of hydrogen-bond acceptors (Lipinski definition) is 4. The number of carboxylic acid groups (broad SMARTS) is 1. The van der Waals surface area contributed by atoms with Gasteiger partial charge in [-0.25, -0.2) is 4.79 Å². The average molecular weight is 300 g/mol. The van der Waals surface area contributed by atoms with Crippen molar-refractivity contribution in [1.29, 1.82) is 0 Å². The van der Waals surface area contributed by atoms with Crippen LogP contribution < -0.4 is 0 Å². The molecule has 2 aliphatic heterocycles. The van der Waals surface area contributed by atoms with Crippen molar-refractivity contribution in [2.75, 3.05) is 39.4 Å². The maximum Gasteiger partial charge on any atom is 0.320 e. The van der Waals surface area contributed by atoms with E-state index in [1.807, 2.05) is 0 Å². The summed E-state index contributed by atoms with van der Waals surface area (Å²) in [7, 11) is 0. The molecule has 1 atom stereocenters. The van der Waals surface area contributed by atoms with Crippen LogP contribution >= 0.6 is 0 Å². The van der Waals surface area contributed by atoms with E-state index in [1.165, 1.54) is 0 Å². The molecule has 2 fully saturated rings. The quantitative estimate of drug-likeness (QED) is 0.758. The zero-order chi connectivity index (χ0) is 15.4. The summed E-state index contributed by atoms with van der Waals surface area (Å²) in [6.45, 7) is 4.45. The molecule has 0 aromatic heterocycles. The van der Waals surface area contributed by atoms with Crippen molar-refractivity contribution < 1.29 is 24.5 Å². The van der Waals surface area contributed by atoms with E-state index in [0.717, 1.165) is 12.8 Å². The van der Waals surface area contributed by atoms with Crippen molar-refractivity contribution in [3.05, 3.63) is 0 Å². The summed E-state index contributed by atoms with van der Waals surface area (Å²) in [5.41, 5.74) is 0. The number of aliphatic hydroxyl groups is 1. The Labute approximate surface area is 124 Å². The lowest BCUT2D eigenvalue weighted by atomic mass is 9.87. The fourth-order valence-electron chi connectivity index (χ4n) is 2.82. The van der Waals surface area contributed by atoms with Crippen molar-refractivity contribution in [2.24, 2.45) is 11.8 Å². The number of aliphatic hydroxyl groups excluding tert-OH is 1. The smallest absolute Gasteiger partial charge is 0.320 e. The van der Waals surface area contributed by atoms with Gasteiger partial charge in [0.2, 0.25) is 0 Å². The van der Waals surface area contributed by atoms with Crippen LogP contribution in [0.15, 0.2) is 0 Å². The predicted molar refractivity (Wildman–Crippen MR) is 74.9 cm³/mol. The zero-order valence-corrected chi connectivity index (χ0v) is 12.4. The van der Waals surface area contributed by atoms with Crippen LogP contribution in [0.2, 0.25) is 0 Å². The summed E-state index contributed by atoms with van der Waals surface area (Å²) in [4.78, 5) is 26.7. The van der Waals surface area contributed by atoms with E-state index >= 15 is 0 Å². The number of carbonyl (C=O) groups is 2. The van der Waals surface area contributed by atoms with Crippen LogP contribution in [0, 0.1) is 11.8 Å². The van der Waals surface area contributed by atoms with Gasteiger partial charge < -0.3 is 24.7 Å². The van der Waals surface area contributed by atoms with E-state index in [0.29, 0.717) is 32.8 Å². The van der Waals surface area contributed by atoms with Crippen molar-refractivity contribution in [3.8, 4) is 0 Å². The topological polar surface area (TPSA) is 90.3 Å². The summed E-state index contributed by atoms with van der Waals surface area (Å²) >= 11 is 0. The molecule has 2 heterocycles. The number of ether oxygens (including phenoxy) is 1. The number of nitrogens with zero attached hydrogens (tertiary/aromatic N) is 2. The molecule has 0 spiro atoms. The van der Waals surface area contributed by atoms with Crippen LogP contribution in [0.25, 0.3) is 0 Å². The molecule has 2 aliphatic rings. The average Bonchev–Trinajstić information content (AvgIpc) is 2.43. The third-order valence-corrected chi connectivity index (χ3v) is 4.43. The molecular formula is C14H24N2O5. The Kier molecular flexibility index (Phi) is 5.41. The number of carbonyl (C=O) groups excluding carboxylic acids is 1. The molecule has 2 N–H and O–H groups in total. The molecule has 0 aromatic rings. The molecule has 2 saturated heterocycles. The van der Waals surface area contributed by atoms with Gasteiger partial charge in [-0.15, -0.1) is 0 Å². The van der Waals surface area contributed by atoms with Crippen LogP contribution in [0.4, 0.5) is 4.79 Å². The van der Waals surface area contributed by atoms with Crippen LogP contribution in [0.1, 0.15) is 19.8 Å². The largest absolute Gasteiger partial charge is 0.481 e. The highest BCUT2D eigenvalue weighted by Crippen LogP contribution is 2.26. The third kappa shape index (κ3) is 3.85. The van der Waals surface area contributed by atoms with Crippen LogP contribution in [-0.4, -0.2) is 77.5 Å². The fraction of sp³-hybridized carbons (Fsp3) is 0.857. The van der Waals surface area contributed by atoms with Crippen molar-refractivity contribution in [3.63, 3.8) is 0 Å². The first kappa shape index (κ1) is 16.0. The van der Waals surface area contributed by atoms with E-state index in [4.69, 9.17) is 14.9 Å². The van der Waals surface area contributed by atoms with Gasteiger partial charge in [-0.1, -0.05) is 6.92 Å². The van der Waals surface area contributed by atoms with Crippen LogP contribution in [0.3, 0.4) is 0 Å². The zero-order valence-electron chi connectivity index (χ0n) is 12.4. The number of piperidine rings is 1. The lowest BCUT2D eigenvalue weighted by molar-refractivity contribution is -0.145. The molecule has 7 nitrogen and oxygen atoms in total. The molecule has 0 aromatic carbocycles. The van der Waals surface area contributed by atoms with Crippen molar-refractivity contribution in [1.82, 2.24) is 9.80 Å². The number of likely N-dealkylation sites (tertiary alicyclic amines) is 2. The number of urea groups is 1. The summed E-state index contributed by atoms with van der Waals surface area (Å²) in [5.74, 6) is -1.13. The predicted octanol–water partition coefficient (Wildman–Crippen LogP) is 0.232. The lowest BCUT2D eigenvalue weighted by Gasteiger charge is -2.44.